The lowest BCUT2D eigenvalue weighted by Crippen LogP contribution is -2.53. The topological polar surface area (TPSA) is 44.8 Å². The molecule has 172 valence electrons. The normalized spacial score (nSPS) is 15.7. The number of benzene rings is 3. The number of carbonyl (C=O) groups excluding carboxylic acids is 1. The molecule has 1 heterocycles. The summed E-state index contributed by atoms with van der Waals surface area (Å²) >= 11 is 5.91. The van der Waals surface area contributed by atoms with Crippen LogP contribution in [0.3, 0.4) is 0 Å². The molecule has 1 N–H and O–H groups in total. The minimum atomic E-state index is -0.193. The molecule has 1 aliphatic heterocycles. The van der Waals surface area contributed by atoms with E-state index in [1.54, 1.807) is 0 Å². The van der Waals surface area contributed by atoms with Crippen LogP contribution in [0.15, 0.2) is 78.9 Å². The smallest absolute Gasteiger partial charge is 0.241 e. The van der Waals surface area contributed by atoms with Gasteiger partial charge in [-0.2, -0.15) is 0 Å². The summed E-state index contributed by atoms with van der Waals surface area (Å²) in [6.45, 7) is 7.03. The molecule has 6 heteroatoms. The second kappa shape index (κ2) is 11.3. The van der Waals surface area contributed by atoms with Crippen LogP contribution in [-0.2, 0) is 4.79 Å². The number of hydrogen-bond acceptors (Lipinski definition) is 4. The molecule has 0 aromatic heterocycles. The van der Waals surface area contributed by atoms with Gasteiger partial charge in [0.05, 0.1) is 6.04 Å². The van der Waals surface area contributed by atoms with Crippen LogP contribution in [0.1, 0.15) is 6.92 Å². The maximum Gasteiger partial charge on any atom is 0.241 e. The van der Waals surface area contributed by atoms with Gasteiger partial charge in [-0.25, -0.2) is 0 Å². The van der Waals surface area contributed by atoms with Gasteiger partial charge in [0, 0.05) is 49.0 Å². The summed E-state index contributed by atoms with van der Waals surface area (Å²) in [6.07, 6.45) is 0. The van der Waals surface area contributed by atoms with Gasteiger partial charge < -0.3 is 10.1 Å². The fraction of sp³-hybridized carbons (Fsp3) is 0.296. The Hall–Kier alpha value is -2.86. The number of para-hydroxylation sites is 1. The Balaban J connectivity index is 1.25. The number of amides is 1. The molecule has 5 nitrogen and oxygen atoms in total. The van der Waals surface area contributed by atoms with Crippen LogP contribution in [0, 0.1) is 0 Å². The number of piperazine rings is 1. The lowest BCUT2D eigenvalue weighted by molar-refractivity contribution is -0.121. The molecule has 3 aromatic carbocycles. The van der Waals surface area contributed by atoms with Gasteiger partial charge in [-0.15, -0.1) is 0 Å². The number of anilines is 1. The number of halogens is 1. The summed E-state index contributed by atoms with van der Waals surface area (Å²) in [5, 5.41) is 3.86. The number of ether oxygens (including phenoxy) is 1. The molecule has 1 atom stereocenters. The largest absolute Gasteiger partial charge is 0.492 e. The van der Waals surface area contributed by atoms with Crippen molar-refractivity contribution in [2.24, 2.45) is 0 Å². The number of hydrogen-bond donors (Lipinski definition) is 1. The van der Waals surface area contributed by atoms with Crippen LogP contribution in [0.5, 0.6) is 5.75 Å². The third-order valence-electron chi connectivity index (χ3n) is 6.09. The summed E-state index contributed by atoms with van der Waals surface area (Å²) in [5.74, 6) is 0.858. The average molecular weight is 464 g/mol. The van der Waals surface area contributed by atoms with E-state index in [0.29, 0.717) is 11.6 Å². The molecule has 1 saturated heterocycles. The van der Waals surface area contributed by atoms with Gasteiger partial charge in [0.15, 0.2) is 0 Å². The number of nitrogens with zero attached hydrogens (tertiary/aromatic N) is 2. The lowest BCUT2D eigenvalue weighted by atomic mass is 10.0. The zero-order valence-electron chi connectivity index (χ0n) is 18.9. The Bertz CT molecular complexity index is 1030. The molecule has 0 aliphatic carbocycles. The van der Waals surface area contributed by atoms with E-state index in [0.717, 1.165) is 55.3 Å². The predicted octanol–water partition coefficient (Wildman–Crippen LogP) is 5.03. The van der Waals surface area contributed by atoms with Crippen molar-refractivity contribution >= 4 is 23.2 Å². The van der Waals surface area contributed by atoms with E-state index in [2.05, 4.69) is 27.2 Å². The molecule has 0 unspecified atom stereocenters. The van der Waals surface area contributed by atoms with Crippen molar-refractivity contribution in [3.63, 3.8) is 0 Å². The zero-order chi connectivity index (χ0) is 23.0. The van der Waals surface area contributed by atoms with Gasteiger partial charge in [0.25, 0.3) is 0 Å². The van der Waals surface area contributed by atoms with Crippen LogP contribution < -0.4 is 10.1 Å². The standard InChI is InChI=1S/C27H30ClN3O2/c1-21(27(32)29-26-10-6-5-9-25(26)22-7-3-2-4-8-22)31-17-15-30(16-18-31)19-20-33-24-13-11-23(28)12-14-24/h2-14,21H,15-20H2,1H3,(H,29,32)/t21-/m0/s1. The highest BCUT2D eigenvalue weighted by Gasteiger charge is 2.26. The fourth-order valence-corrected chi connectivity index (χ4v) is 4.19. The Labute approximate surface area is 200 Å². The van der Waals surface area contributed by atoms with E-state index in [1.807, 2.05) is 73.7 Å². The molecule has 33 heavy (non-hydrogen) atoms. The first-order chi connectivity index (χ1) is 16.1. The number of carbonyl (C=O) groups is 1. The molecule has 1 fully saturated rings. The van der Waals surface area contributed by atoms with Gasteiger partial charge >= 0.3 is 0 Å². The van der Waals surface area contributed by atoms with E-state index >= 15 is 0 Å². The van der Waals surface area contributed by atoms with E-state index in [1.165, 1.54) is 0 Å². The fourth-order valence-electron chi connectivity index (χ4n) is 4.06. The molecule has 0 radical (unpaired) electrons. The van der Waals surface area contributed by atoms with E-state index < -0.39 is 0 Å². The van der Waals surface area contributed by atoms with E-state index in [-0.39, 0.29) is 11.9 Å². The van der Waals surface area contributed by atoms with Crippen LogP contribution in [-0.4, -0.2) is 61.1 Å². The first kappa shape index (κ1) is 23.3. The van der Waals surface area contributed by atoms with Crippen LogP contribution in [0.4, 0.5) is 5.69 Å². The summed E-state index contributed by atoms with van der Waals surface area (Å²) in [5.41, 5.74) is 2.97. The average Bonchev–Trinajstić information content (AvgIpc) is 2.86. The summed E-state index contributed by atoms with van der Waals surface area (Å²) in [7, 11) is 0. The van der Waals surface area contributed by atoms with Gasteiger partial charge in [-0.05, 0) is 42.8 Å². The highest BCUT2D eigenvalue weighted by Crippen LogP contribution is 2.27. The Kier molecular flexibility index (Phi) is 8.00. The third-order valence-corrected chi connectivity index (χ3v) is 6.35. The van der Waals surface area contributed by atoms with Crippen LogP contribution >= 0.6 is 11.6 Å². The molecule has 4 rings (SSSR count). The van der Waals surface area contributed by atoms with Crippen LogP contribution in [0.25, 0.3) is 11.1 Å². The highest BCUT2D eigenvalue weighted by atomic mass is 35.5. The lowest BCUT2D eigenvalue weighted by Gasteiger charge is -2.37. The van der Waals surface area contributed by atoms with Crippen molar-refractivity contribution in [1.82, 2.24) is 9.80 Å². The van der Waals surface area contributed by atoms with Crippen LogP contribution in [0.2, 0.25) is 5.02 Å². The van der Waals surface area contributed by atoms with E-state index in [4.69, 9.17) is 16.3 Å². The predicted molar refractivity (Wildman–Crippen MR) is 135 cm³/mol. The van der Waals surface area contributed by atoms with Crippen molar-refractivity contribution < 1.29 is 9.53 Å². The molecule has 1 amide bonds. The zero-order valence-corrected chi connectivity index (χ0v) is 19.7. The van der Waals surface area contributed by atoms with Crippen molar-refractivity contribution in [3.8, 4) is 16.9 Å². The molecule has 1 aliphatic rings. The number of rotatable bonds is 8. The maximum atomic E-state index is 13.0. The first-order valence-corrected chi connectivity index (χ1v) is 11.8. The summed E-state index contributed by atoms with van der Waals surface area (Å²) in [4.78, 5) is 17.7. The van der Waals surface area contributed by atoms with E-state index in [9.17, 15) is 4.79 Å². The minimum Gasteiger partial charge on any atom is -0.492 e. The number of nitrogens with one attached hydrogen (secondary N) is 1. The summed E-state index contributed by atoms with van der Waals surface area (Å²) < 4.78 is 5.81. The van der Waals surface area contributed by atoms with Crippen molar-refractivity contribution in [3.05, 3.63) is 83.9 Å². The van der Waals surface area contributed by atoms with Crippen molar-refractivity contribution in [2.45, 2.75) is 13.0 Å². The van der Waals surface area contributed by atoms with Gasteiger partial charge in [0.1, 0.15) is 12.4 Å². The molecular formula is C27H30ClN3O2. The maximum absolute atomic E-state index is 13.0. The highest BCUT2D eigenvalue weighted by molar-refractivity contribution is 6.30. The molecule has 0 bridgehead atoms. The van der Waals surface area contributed by atoms with Crippen molar-refractivity contribution in [1.29, 1.82) is 0 Å². The quantitative estimate of drug-likeness (QED) is 0.509. The molecular weight excluding hydrogens is 434 g/mol. The van der Waals surface area contributed by atoms with Gasteiger partial charge in [0.2, 0.25) is 5.91 Å². The summed E-state index contributed by atoms with van der Waals surface area (Å²) in [6, 6.07) is 25.3. The SMILES string of the molecule is C[C@@H](C(=O)Nc1ccccc1-c1ccccc1)N1CCN(CCOc2ccc(Cl)cc2)CC1. The molecule has 0 spiro atoms. The Morgan fingerprint density at radius 2 is 1.61 bits per heavy atom. The molecule has 3 aromatic rings. The van der Waals surface area contributed by atoms with Crippen molar-refractivity contribution in [2.75, 3.05) is 44.6 Å². The Morgan fingerprint density at radius 3 is 2.33 bits per heavy atom. The first-order valence-electron chi connectivity index (χ1n) is 11.4. The molecule has 0 saturated carbocycles. The monoisotopic (exact) mass is 463 g/mol. The van der Waals surface area contributed by atoms with Gasteiger partial charge in [-0.1, -0.05) is 60.1 Å². The van der Waals surface area contributed by atoms with Gasteiger partial charge in [-0.3, -0.25) is 14.6 Å². The minimum absolute atomic E-state index is 0.0258. The Morgan fingerprint density at radius 1 is 0.939 bits per heavy atom. The third kappa shape index (κ3) is 6.35. The second-order valence-electron chi connectivity index (χ2n) is 8.26. The second-order valence-corrected chi connectivity index (χ2v) is 8.69.